The minimum Gasteiger partial charge on any atom is -0.378 e. The molecule has 2 aliphatic rings. The minimum atomic E-state index is -0.422. The molecule has 2 heterocycles. The number of imide groups is 1. The second kappa shape index (κ2) is 7.50. The molecule has 2 fully saturated rings. The monoisotopic (exact) mass is 410 g/mol. The van der Waals surface area contributed by atoms with Crippen LogP contribution in [0.4, 0.5) is 4.79 Å². The summed E-state index contributed by atoms with van der Waals surface area (Å²) in [7, 11) is 0. The molecule has 3 rings (SSSR count). The quantitative estimate of drug-likeness (QED) is 0.715. The van der Waals surface area contributed by atoms with Crippen LogP contribution in [0.3, 0.4) is 0 Å². The zero-order chi connectivity index (χ0) is 17.1. The van der Waals surface area contributed by atoms with Gasteiger partial charge in [0.25, 0.3) is 11.1 Å². The first-order valence-electron chi connectivity index (χ1n) is 7.41. The van der Waals surface area contributed by atoms with E-state index >= 15 is 0 Å². The fourth-order valence-corrected chi connectivity index (χ4v) is 3.50. The van der Waals surface area contributed by atoms with Gasteiger partial charge in [-0.05, 0) is 35.5 Å². The topological polar surface area (TPSA) is 66.9 Å². The number of ether oxygens (including phenoxy) is 1. The van der Waals surface area contributed by atoms with Crippen LogP contribution in [0.15, 0.2) is 33.6 Å². The van der Waals surface area contributed by atoms with E-state index in [2.05, 4.69) is 15.9 Å². The Morgan fingerprint density at radius 1 is 1.21 bits per heavy atom. The van der Waals surface area contributed by atoms with Crippen molar-refractivity contribution in [2.24, 2.45) is 0 Å². The lowest BCUT2D eigenvalue weighted by Crippen LogP contribution is -2.46. The van der Waals surface area contributed by atoms with Gasteiger partial charge in [0.15, 0.2) is 0 Å². The molecule has 0 atom stereocenters. The van der Waals surface area contributed by atoms with E-state index in [0.717, 1.165) is 26.7 Å². The maximum atomic E-state index is 12.4. The molecule has 0 aromatic heterocycles. The van der Waals surface area contributed by atoms with E-state index in [9.17, 15) is 14.4 Å². The van der Waals surface area contributed by atoms with Crippen molar-refractivity contribution in [3.63, 3.8) is 0 Å². The second-order valence-corrected chi connectivity index (χ2v) is 7.22. The molecule has 3 amide bonds. The van der Waals surface area contributed by atoms with Gasteiger partial charge in [0.1, 0.15) is 6.54 Å². The molecule has 0 spiro atoms. The molecule has 0 bridgehead atoms. The van der Waals surface area contributed by atoms with Crippen molar-refractivity contribution in [2.45, 2.75) is 0 Å². The van der Waals surface area contributed by atoms with E-state index in [0.29, 0.717) is 31.2 Å². The molecule has 2 saturated heterocycles. The zero-order valence-electron chi connectivity index (χ0n) is 12.7. The van der Waals surface area contributed by atoms with Crippen LogP contribution in [0.5, 0.6) is 0 Å². The third-order valence-electron chi connectivity index (χ3n) is 3.70. The number of amides is 3. The molecule has 126 valence electrons. The molecule has 0 aliphatic carbocycles. The normalized spacial score (nSPS) is 20.1. The highest BCUT2D eigenvalue weighted by Gasteiger charge is 2.37. The highest BCUT2D eigenvalue weighted by molar-refractivity contribution is 9.10. The summed E-state index contributed by atoms with van der Waals surface area (Å²) >= 11 is 4.21. The Hall–Kier alpha value is -1.64. The Morgan fingerprint density at radius 3 is 2.54 bits per heavy atom. The first-order valence-corrected chi connectivity index (χ1v) is 9.02. The lowest BCUT2D eigenvalue weighted by atomic mass is 10.2. The van der Waals surface area contributed by atoms with Gasteiger partial charge in [-0.3, -0.25) is 19.3 Å². The molecule has 1 aromatic carbocycles. The van der Waals surface area contributed by atoms with Gasteiger partial charge in [-0.2, -0.15) is 0 Å². The molecule has 0 radical (unpaired) electrons. The standard InChI is InChI=1S/C16H15BrN2O4S/c17-12-3-1-11(2-4-12)9-13-15(21)19(16(22)24-13)10-14(20)18-5-7-23-8-6-18/h1-4,9H,5-8,10H2/b13-9-. The Balaban J connectivity index is 1.69. The average Bonchev–Trinajstić information content (AvgIpc) is 2.85. The van der Waals surface area contributed by atoms with E-state index in [1.54, 1.807) is 11.0 Å². The Morgan fingerprint density at radius 2 is 1.88 bits per heavy atom. The first kappa shape index (κ1) is 17.2. The number of halogens is 1. The van der Waals surface area contributed by atoms with Gasteiger partial charge in [-0.1, -0.05) is 28.1 Å². The summed E-state index contributed by atoms with van der Waals surface area (Å²) in [5.74, 6) is -0.653. The molecule has 2 aliphatic heterocycles. The number of rotatable bonds is 3. The van der Waals surface area contributed by atoms with Gasteiger partial charge in [-0.25, -0.2) is 0 Å². The van der Waals surface area contributed by atoms with Crippen LogP contribution in [0.25, 0.3) is 6.08 Å². The molecule has 0 unspecified atom stereocenters. The number of hydrogen-bond acceptors (Lipinski definition) is 5. The number of benzene rings is 1. The molecule has 0 N–H and O–H groups in total. The van der Waals surface area contributed by atoms with Crippen LogP contribution in [-0.4, -0.2) is 59.7 Å². The fraction of sp³-hybridized carbons (Fsp3) is 0.312. The summed E-state index contributed by atoms with van der Waals surface area (Å²) in [6.45, 7) is 1.73. The Labute approximate surface area is 151 Å². The fourth-order valence-electron chi connectivity index (χ4n) is 2.39. The van der Waals surface area contributed by atoms with Gasteiger partial charge in [0.05, 0.1) is 18.1 Å². The van der Waals surface area contributed by atoms with E-state index in [1.807, 2.05) is 24.3 Å². The number of morpholine rings is 1. The summed E-state index contributed by atoms with van der Waals surface area (Å²) in [6.07, 6.45) is 1.66. The Bertz CT molecular complexity index is 699. The van der Waals surface area contributed by atoms with E-state index in [4.69, 9.17) is 4.74 Å². The van der Waals surface area contributed by atoms with E-state index in [-0.39, 0.29) is 12.5 Å². The van der Waals surface area contributed by atoms with Crippen molar-refractivity contribution in [1.29, 1.82) is 0 Å². The van der Waals surface area contributed by atoms with Crippen LogP contribution in [0, 0.1) is 0 Å². The molecule has 6 nitrogen and oxygen atoms in total. The lowest BCUT2D eigenvalue weighted by Gasteiger charge is -2.28. The molecular weight excluding hydrogens is 396 g/mol. The van der Waals surface area contributed by atoms with Gasteiger partial charge < -0.3 is 9.64 Å². The SMILES string of the molecule is O=C(CN1C(=O)S/C(=C\c2ccc(Br)cc2)C1=O)N1CCOCC1. The van der Waals surface area contributed by atoms with Crippen molar-refractivity contribution in [3.8, 4) is 0 Å². The molecule has 1 aromatic rings. The second-order valence-electron chi connectivity index (χ2n) is 5.31. The number of carbonyl (C=O) groups excluding carboxylic acids is 3. The van der Waals surface area contributed by atoms with Crippen molar-refractivity contribution in [2.75, 3.05) is 32.8 Å². The maximum absolute atomic E-state index is 12.4. The van der Waals surface area contributed by atoms with Crippen molar-refractivity contribution in [3.05, 3.63) is 39.2 Å². The molecule has 24 heavy (non-hydrogen) atoms. The molecular formula is C16H15BrN2O4S. The minimum absolute atomic E-state index is 0.220. The van der Waals surface area contributed by atoms with Gasteiger partial charge in [0.2, 0.25) is 5.91 Å². The van der Waals surface area contributed by atoms with Gasteiger partial charge >= 0.3 is 0 Å². The highest BCUT2D eigenvalue weighted by Crippen LogP contribution is 2.32. The number of hydrogen-bond donors (Lipinski definition) is 0. The number of thioether (sulfide) groups is 1. The molecule has 8 heteroatoms. The zero-order valence-corrected chi connectivity index (χ0v) is 15.1. The lowest BCUT2D eigenvalue weighted by molar-refractivity contribution is -0.139. The van der Waals surface area contributed by atoms with Gasteiger partial charge in [-0.15, -0.1) is 0 Å². The Kier molecular flexibility index (Phi) is 5.37. The van der Waals surface area contributed by atoms with Crippen molar-refractivity contribution < 1.29 is 19.1 Å². The predicted octanol–water partition coefficient (Wildman–Crippen LogP) is 2.34. The summed E-state index contributed by atoms with van der Waals surface area (Å²) in [4.78, 5) is 39.7. The van der Waals surface area contributed by atoms with E-state index in [1.165, 1.54) is 0 Å². The van der Waals surface area contributed by atoms with Crippen LogP contribution < -0.4 is 0 Å². The largest absolute Gasteiger partial charge is 0.378 e. The highest BCUT2D eigenvalue weighted by atomic mass is 79.9. The van der Waals surface area contributed by atoms with Crippen LogP contribution >= 0.6 is 27.7 Å². The third-order valence-corrected chi connectivity index (χ3v) is 5.13. The van der Waals surface area contributed by atoms with Crippen LogP contribution in [0.1, 0.15) is 5.56 Å². The van der Waals surface area contributed by atoms with Crippen LogP contribution in [0.2, 0.25) is 0 Å². The molecule has 0 saturated carbocycles. The average molecular weight is 411 g/mol. The van der Waals surface area contributed by atoms with Crippen LogP contribution in [-0.2, 0) is 14.3 Å². The van der Waals surface area contributed by atoms with Gasteiger partial charge in [0, 0.05) is 17.6 Å². The summed E-state index contributed by atoms with van der Waals surface area (Å²) in [5, 5.41) is -0.412. The third kappa shape index (κ3) is 3.88. The smallest absolute Gasteiger partial charge is 0.294 e. The predicted molar refractivity (Wildman–Crippen MR) is 94.2 cm³/mol. The summed E-state index contributed by atoms with van der Waals surface area (Å²) < 4.78 is 6.13. The number of carbonyl (C=O) groups is 3. The number of nitrogens with zero attached hydrogens (tertiary/aromatic N) is 2. The maximum Gasteiger partial charge on any atom is 0.294 e. The van der Waals surface area contributed by atoms with E-state index < -0.39 is 11.1 Å². The summed E-state index contributed by atoms with van der Waals surface area (Å²) in [6, 6.07) is 7.41. The first-order chi connectivity index (χ1) is 11.5. The van der Waals surface area contributed by atoms with Crippen molar-refractivity contribution in [1.82, 2.24) is 9.80 Å². The van der Waals surface area contributed by atoms with Crippen molar-refractivity contribution >= 4 is 50.8 Å². The summed E-state index contributed by atoms with van der Waals surface area (Å²) in [5.41, 5.74) is 0.822.